The Kier molecular flexibility index (Phi) is 15.9. The SMILES string of the molecule is CCCCCCCCCOCc1ccc(-c2ccc(OC(=O)c3ccc(CCCCCCCCC)cc3)cc2)nc1. The van der Waals surface area contributed by atoms with Crippen LogP contribution in [0.25, 0.3) is 11.3 Å². The summed E-state index contributed by atoms with van der Waals surface area (Å²) < 4.78 is 11.5. The molecule has 0 N–H and O–H groups in total. The lowest BCUT2D eigenvalue weighted by molar-refractivity contribution is 0.0734. The number of benzene rings is 2. The monoisotopic (exact) mass is 557 g/mol. The van der Waals surface area contributed by atoms with E-state index in [4.69, 9.17) is 9.47 Å². The molecule has 0 atom stereocenters. The van der Waals surface area contributed by atoms with Crippen LogP contribution >= 0.6 is 0 Å². The number of unbranched alkanes of at least 4 members (excludes halogenated alkanes) is 12. The van der Waals surface area contributed by atoms with Gasteiger partial charge < -0.3 is 9.47 Å². The molecule has 3 rings (SSSR count). The number of esters is 1. The Morgan fingerprint density at radius 1 is 0.634 bits per heavy atom. The molecule has 2 aromatic carbocycles. The number of carbonyl (C=O) groups is 1. The molecule has 0 aliphatic rings. The van der Waals surface area contributed by atoms with E-state index in [2.05, 4.69) is 24.9 Å². The summed E-state index contributed by atoms with van der Waals surface area (Å²) >= 11 is 0. The summed E-state index contributed by atoms with van der Waals surface area (Å²) in [6.45, 7) is 5.91. The van der Waals surface area contributed by atoms with Crippen molar-refractivity contribution in [1.82, 2.24) is 4.98 Å². The van der Waals surface area contributed by atoms with Crippen molar-refractivity contribution in [1.29, 1.82) is 0 Å². The standard InChI is InChI=1S/C37H51NO3/c1-3-5-7-9-11-13-15-17-31-18-21-34(22-19-31)37(39)41-35-25-23-33(24-26-35)36-27-20-32(29-38-36)30-40-28-16-14-12-10-8-6-4-2/h18-27,29H,3-17,28,30H2,1-2H3. The fraction of sp³-hybridized carbons (Fsp3) is 0.514. The normalized spacial score (nSPS) is 11.1. The zero-order valence-electron chi connectivity index (χ0n) is 25.5. The van der Waals surface area contributed by atoms with Crippen LogP contribution in [-0.2, 0) is 17.8 Å². The van der Waals surface area contributed by atoms with Gasteiger partial charge in [0, 0.05) is 18.4 Å². The Bertz CT molecular complexity index is 1090. The van der Waals surface area contributed by atoms with Gasteiger partial charge in [-0.25, -0.2) is 4.79 Å². The molecule has 4 nitrogen and oxygen atoms in total. The zero-order chi connectivity index (χ0) is 29.0. The van der Waals surface area contributed by atoms with Crippen molar-refractivity contribution in [3.05, 3.63) is 83.6 Å². The number of ether oxygens (including phenoxy) is 2. The number of hydrogen-bond donors (Lipinski definition) is 0. The predicted octanol–water partition coefficient (Wildman–Crippen LogP) is 10.5. The number of pyridine rings is 1. The summed E-state index contributed by atoms with van der Waals surface area (Å²) in [5, 5.41) is 0. The maximum Gasteiger partial charge on any atom is 0.343 e. The van der Waals surface area contributed by atoms with E-state index in [0.717, 1.165) is 36.3 Å². The van der Waals surface area contributed by atoms with E-state index in [0.29, 0.717) is 17.9 Å². The minimum absolute atomic E-state index is 0.334. The lowest BCUT2D eigenvalue weighted by Gasteiger charge is -2.08. The van der Waals surface area contributed by atoms with Crippen molar-refractivity contribution < 1.29 is 14.3 Å². The van der Waals surface area contributed by atoms with Crippen LogP contribution in [0.2, 0.25) is 0 Å². The van der Waals surface area contributed by atoms with E-state index in [9.17, 15) is 4.79 Å². The molecule has 0 unspecified atom stereocenters. The van der Waals surface area contributed by atoms with E-state index >= 15 is 0 Å². The molecule has 0 fully saturated rings. The highest BCUT2D eigenvalue weighted by molar-refractivity contribution is 5.91. The van der Waals surface area contributed by atoms with E-state index in [-0.39, 0.29) is 5.97 Å². The molecule has 0 spiro atoms. The maximum atomic E-state index is 12.7. The van der Waals surface area contributed by atoms with Crippen LogP contribution in [0.1, 0.15) is 125 Å². The Hall–Kier alpha value is -2.98. The first-order chi connectivity index (χ1) is 20.2. The third-order valence-electron chi connectivity index (χ3n) is 7.60. The van der Waals surface area contributed by atoms with Gasteiger partial charge in [-0.1, -0.05) is 109 Å². The largest absolute Gasteiger partial charge is 0.423 e. The van der Waals surface area contributed by atoms with Crippen molar-refractivity contribution in [3.8, 4) is 17.0 Å². The molecular formula is C37H51NO3. The number of aryl methyl sites for hydroxylation is 1. The second kappa shape index (κ2) is 20.0. The Morgan fingerprint density at radius 2 is 1.22 bits per heavy atom. The molecule has 0 amide bonds. The number of carbonyl (C=O) groups excluding carboxylic acids is 1. The first-order valence-corrected chi connectivity index (χ1v) is 16.1. The fourth-order valence-electron chi connectivity index (χ4n) is 4.99. The fourth-order valence-corrected chi connectivity index (χ4v) is 4.99. The van der Waals surface area contributed by atoms with Gasteiger partial charge in [-0.3, -0.25) is 4.98 Å². The molecule has 1 heterocycles. The highest BCUT2D eigenvalue weighted by Gasteiger charge is 2.09. The molecule has 0 aliphatic carbocycles. The predicted molar refractivity (Wildman–Crippen MR) is 170 cm³/mol. The van der Waals surface area contributed by atoms with Crippen molar-refractivity contribution in [2.45, 2.75) is 117 Å². The lowest BCUT2D eigenvalue weighted by atomic mass is 10.0. The molecule has 1 aromatic heterocycles. The molecule has 0 aliphatic heterocycles. The molecule has 0 bridgehead atoms. The van der Waals surface area contributed by atoms with Gasteiger partial charge in [0.1, 0.15) is 5.75 Å². The van der Waals surface area contributed by atoms with Crippen LogP contribution in [0.15, 0.2) is 66.9 Å². The minimum atomic E-state index is -0.334. The average molecular weight is 558 g/mol. The second-order valence-corrected chi connectivity index (χ2v) is 11.2. The van der Waals surface area contributed by atoms with Gasteiger partial charge in [-0.2, -0.15) is 0 Å². The van der Waals surface area contributed by atoms with E-state index < -0.39 is 0 Å². The Balaban J connectivity index is 1.35. The molecule has 0 saturated heterocycles. The quantitative estimate of drug-likeness (QED) is 0.0742. The smallest absolute Gasteiger partial charge is 0.343 e. The van der Waals surface area contributed by atoms with Gasteiger partial charge in [-0.15, -0.1) is 0 Å². The first-order valence-electron chi connectivity index (χ1n) is 16.1. The molecule has 41 heavy (non-hydrogen) atoms. The maximum absolute atomic E-state index is 12.7. The zero-order valence-corrected chi connectivity index (χ0v) is 25.5. The third-order valence-corrected chi connectivity index (χ3v) is 7.60. The minimum Gasteiger partial charge on any atom is -0.423 e. The lowest BCUT2D eigenvalue weighted by Crippen LogP contribution is -2.08. The van der Waals surface area contributed by atoms with Gasteiger partial charge in [0.2, 0.25) is 0 Å². The van der Waals surface area contributed by atoms with Crippen LogP contribution in [0.3, 0.4) is 0 Å². The molecule has 3 aromatic rings. The van der Waals surface area contributed by atoms with Gasteiger partial charge in [-0.05, 0) is 72.9 Å². The van der Waals surface area contributed by atoms with Crippen molar-refractivity contribution in [3.63, 3.8) is 0 Å². The van der Waals surface area contributed by atoms with Gasteiger partial charge in [0.15, 0.2) is 0 Å². The highest BCUT2D eigenvalue weighted by atomic mass is 16.5. The summed E-state index contributed by atoms with van der Waals surface area (Å²) in [5.41, 5.74) is 4.79. The summed E-state index contributed by atoms with van der Waals surface area (Å²) in [4.78, 5) is 17.3. The van der Waals surface area contributed by atoms with Crippen molar-refractivity contribution >= 4 is 5.97 Å². The van der Waals surface area contributed by atoms with Crippen LogP contribution in [0, 0.1) is 0 Å². The summed E-state index contributed by atoms with van der Waals surface area (Å²) in [6.07, 6.45) is 21.1. The number of nitrogens with zero attached hydrogens (tertiary/aromatic N) is 1. The van der Waals surface area contributed by atoms with Crippen LogP contribution in [0.5, 0.6) is 5.75 Å². The van der Waals surface area contributed by atoms with Crippen LogP contribution in [0.4, 0.5) is 0 Å². The number of rotatable bonds is 21. The average Bonchev–Trinajstić information content (AvgIpc) is 3.01. The first kappa shape index (κ1) is 32.5. The van der Waals surface area contributed by atoms with Crippen molar-refractivity contribution in [2.75, 3.05) is 6.61 Å². The number of aromatic nitrogens is 1. The van der Waals surface area contributed by atoms with E-state index in [1.807, 2.05) is 60.8 Å². The molecule has 4 heteroatoms. The summed E-state index contributed by atoms with van der Waals surface area (Å²) in [7, 11) is 0. The van der Waals surface area contributed by atoms with Gasteiger partial charge >= 0.3 is 5.97 Å². The second-order valence-electron chi connectivity index (χ2n) is 11.2. The highest BCUT2D eigenvalue weighted by Crippen LogP contribution is 2.22. The molecule has 222 valence electrons. The third kappa shape index (κ3) is 13.0. The van der Waals surface area contributed by atoms with Gasteiger partial charge in [0.25, 0.3) is 0 Å². The Labute approximate surface area is 248 Å². The van der Waals surface area contributed by atoms with E-state index in [1.165, 1.54) is 89.0 Å². The van der Waals surface area contributed by atoms with Crippen LogP contribution < -0.4 is 4.74 Å². The Morgan fingerprint density at radius 3 is 1.83 bits per heavy atom. The number of hydrogen-bond acceptors (Lipinski definition) is 4. The van der Waals surface area contributed by atoms with Crippen LogP contribution in [-0.4, -0.2) is 17.6 Å². The molecule has 0 radical (unpaired) electrons. The molecule has 0 saturated carbocycles. The van der Waals surface area contributed by atoms with E-state index in [1.54, 1.807) is 0 Å². The van der Waals surface area contributed by atoms with Crippen molar-refractivity contribution in [2.24, 2.45) is 0 Å². The summed E-state index contributed by atoms with van der Waals surface area (Å²) in [6, 6.07) is 19.4. The summed E-state index contributed by atoms with van der Waals surface area (Å²) in [5.74, 6) is 0.195. The topological polar surface area (TPSA) is 48.4 Å². The van der Waals surface area contributed by atoms with Gasteiger partial charge in [0.05, 0.1) is 17.9 Å². The molecular weight excluding hydrogens is 506 g/mol.